The van der Waals surface area contributed by atoms with Crippen LogP contribution in [0.1, 0.15) is 44.2 Å². The molecule has 3 amide bonds. The highest BCUT2D eigenvalue weighted by molar-refractivity contribution is 6.64. The zero-order valence-corrected chi connectivity index (χ0v) is 20.7. The zero-order valence-electron chi connectivity index (χ0n) is 20.0. The minimum absolute atomic E-state index is 0.0950. The van der Waals surface area contributed by atoms with Crippen molar-refractivity contribution in [1.82, 2.24) is 16.0 Å². The minimum atomic E-state index is -0.919. The van der Waals surface area contributed by atoms with Crippen LogP contribution in [0.25, 0.3) is 11.1 Å². The Hall–Kier alpha value is -3.39. The number of nitrogens with one attached hydrogen (secondary N) is 3. The highest BCUT2D eigenvalue weighted by Gasteiger charge is 2.30. The SMILES string of the molecule is CC(C)C[C@H](NC(=O)OCC1c2ccccc2-c2ccccc21)C(=O)N[C@@H](C)C(=O)NCC(=O)Cl. The van der Waals surface area contributed by atoms with Crippen LogP contribution in [0.3, 0.4) is 0 Å². The summed E-state index contributed by atoms with van der Waals surface area (Å²) in [7, 11) is 0. The van der Waals surface area contributed by atoms with Gasteiger partial charge in [-0.3, -0.25) is 14.4 Å². The molecule has 3 rings (SSSR count). The van der Waals surface area contributed by atoms with Crippen LogP contribution in [0.2, 0.25) is 0 Å². The summed E-state index contributed by atoms with van der Waals surface area (Å²) in [4.78, 5) is 48.4. The van der Waals surface area contributed by atoms with Crippen LogP contribution in [0.4, 0.5) is 4.79 Å². The largest absolute Gasteiger partial charge is 0.449 e. The van der Waals surface area contributed by atoms with E-state index in [1.54, 1.807) is 0 Å². The molecule has 0 aromatic heterocycles. The molecule has 0 fully saturated rings. The fourth-order valence-electron chi connectivity index (χ4n) is 4.17. The fourth-order valence-corrected chi connectivity index (χ4v) is 4.24. The fraction of sp³-hybridized carbons (Fsp3) is 0.385. The summed E-state index contributed by atoms with van der Waals surface area (Å²) in [5, 5.41) is 6.81. The first kappa shape index (κ1) is 26.2. The van der Waals surface area contributed by atoms with E-state index in [-0.39, 0.29) is 25.0 Å². The number of alkyl carbamates (subject to hydrolysis) is 1. The van der Waals surface area contributed by atoms with Crippen molar-refractivity contribution in [2.75, 3.05) is 13.2 Å². The summed E-state index contributed by atoms with van der Waals surface area (Å²) in [6.07, 6.45) is -0.359. The Labute approximate surface area is 209 Å². The molecule has 0 saturated carbocycles. The third kappa shape index (κ3) is 6.82. The third-order valence-electron chi connectivity index (χ3n) is 5.81. The summed E-state index contributed by atoms with van der Waals surface area (Å²) >= 11 is 5.23. The van der Waals surface area contributed by atoms with Gasteiger partial charge in [0.05, 0.1) is 6.54 Å². The maximum absolute atomic E-state index is 12.8. The Morgan fingerprint density at radius 3 is 2.00 bits per heavy atom. The van der Waals surface area contributed by atoms with Crippen LogP contribution >= 0.6 is 11.6 Å². The molecule has 0 saturated heterocycles. The van der Waals surface area contributed by atoms with Crippen LogP contribution in [0.15, 0.2) is 48.5 Å². The smallest absolute Gasteiger partial charge is 0.407 e. The lowest BCUT2D eigenvalue weighted by Gasteiger charge is -2.22. The first-order valence-corrected chi connectivity index (χ1v) is 11.9. The third-order valence-corrected chi connectivity index (χ3v) is 5.95. The molecule has 0 unspecified atom stereocenters. The van der Waals surface area contributed by atoms with Gasteiger partial charge in [0.25, 0.3) is 0 Å². The quantitative estimate of drug-likeness (QED) is 0.434. The van der Waals surface area contributed by atoms with Crippen molar-refractivity contribution in [3.05, 3.63) is 59.7 Å². The number of rotatable bonds is 10. The van der Waals surface area contributed by atoms with Gasteiger partial charge >= 0.3 is 6.09 Å². The minimum Gasteiger partial charge on any atom is -0.449 e. The summed E-state index contributed by atoms with van der Waals surface area (Å²) < 4.78 is 5.56. The van der Waals surface area contributed by atoms with Crippen LogP contribution in [0, 0.1) is 5.92 Å². The van der Waals surface area contributed by atoms with Crippen LogP contribution in [-0.4, -0.2) is 48.4 Å². The van der Waals surface area contributed by atoms with E-state index in [1.807, 2.05) is 50.2 Å². The molecule has 9 heteroatoms. The van der Waals surface area contributed by atoms with E-state index in [4.69, 9.17) is 16.3 Å². The lowest BCUT2D eigenvalue weighted by atomic mass is 9.98. The van der Waals surface area contributed by atoms with Crippen molar-refractivity contribution in [2.45, 2.75) is 45.2 Å². The number of ether oxygens (including phenoxy) is 1. The Morgan fingerprint density at radius 1 is 0.886 bits per heavy atom. The van der Waals surface area contributed by atoms with Gasteiger partial charge in [-0.1, -0.05) is 62.4 Å². The topological polar surface area (TPSA) is 114 Å². The van der Waals surface area contributed by atoms with Crippen LogP contribution < -0.4 is 16.0 Å². The second kappa shape index (κ2) is 11.8. The predicted molar refractivity (Wildman–Crippen MR) is 133 cm³/mol. The van der Waals surface area contributed by atoms with Gasteiger partial charge < -0.3 is 20.7 Å². The molecule has 1 aliphatic carbocycles. The van der Waals surface area contributed by atoms with E-state index >= 15 is 0 Å². The average Bonchev–Trinajstić information content (AvgIpc) is 3.14. The van der Waals surface area contributed by atoms with Gasteiger partial charge in [0, 0.05) is 5.92 Å². The highest BCUT2D eigenvalue weighted by atomic mass is 35.5. The normalized spacial score (nSPS) is 13.9. The molecule has 2 atom stereocenters. The highest BCUT2D eigenvalue weighted by Crippen LogP contribution is 2.44. The Bertz CT molecular complexity index is 1060. The zero-order chi connectivity index (χ0) is 25.5. The molecule has 0 aliphatic heterocycles. The molecule has 0 bridgehead atoms. The van der Waals surface area contributed by atoms with Gasteiger partial charge in [-0.15, -0.1) is 0 Å². The molecular weight excluding hydrogens is 470 g/mol. The monoisotopic (exact) mass is 499 g/mol. The maximum atomic E-state index is 12.8. The predicted octanol–water partition coefficient (Wildman–Crippen LogP) is 3.33. The number of hydrogen-bond acceptors (Lipinski definition) is 5. The number of halogens is 1. The number of fused-ring (bicyclic) bond motifs is 3. The van der Waals surface area contributed by atoms with E-state index in [0.717, 1.165) is 22.3 Å². The summed E-state index contributed by atoms with van der Waals surface area (Å²) in [5.41, 5.74) is 4.43. The second-order valence-corrected chi connectivity index (χ2v) is 9.38. The lowest BCUT2D eigenvalue weighted by molar-refractivity contribution is -0.130. The van der Waals surface area contributed by atoms with Gasteiger partial charge in [0.15, 0.2) is 0 Å². The molecule has 35 heavy (non-hydrogen) atoms. The molecule has 3 N–H and O–H groups in total. The molecule has 1 aliphatic rings. The Morgan fingerprint density at radius 2 is 1.46 bits per heavy atom. The Kier molecular flexibility index (Phi) is 8.87. The van der Waals surface area contributed by atoms with Crippen molar-refractivity contribution < 1.29 is 23.9 Å². The number of hydrogen-bond donors (Lipinski definition) is 3. The van der Waals surface area contributed by atoms with Gasteiger partial charge in [0.1, 0.15) is 18.7 Å². The lowest BCUT2D eigenvalue weighted by Crippen LogP contribution is -2.53. The van der Waals surface area contributed by atoms with E-state index in [2.05, 4.69) is 28.1 Å². The van der Waals surface area contributed by atoms with Gasteiger partial charge in [0.2, 0.25) is 17.1 Å². The van der Waals surface area contributed by atoms with E-state index < -0.39 is 35.2 Å². The summed E-state index contributed by atoms with van der Waals surface area (Å²) in [6.45, 7) is 5.10. The second-order valence-electron chi connectivity index (χ2n) is 8.96. The van der Waals surface area contributed by atoms with E-state index in [9.17, 15) is 19.2 Å². The molecule has 0 radical (unpaired) electrons. The van der Waals surface area contributed by atoms with Crippen molar-refractivity contribution >= 4 is 34.8 Å². The Balaban J connectivity index is 1.61. The first-order valence-electron chi connectivity index (χ1n) is 11.5. The van der Waals surface area contributed by atoms with Gasteiger partial charge in [-0.05, 0) is 53.1 Å². The molecule has 2 aromatic rings. The molecule has 186 valence electrons. The maximum Gasteiger partial charge on any atom is 0.407 e. The number of carbonyl (C=O) groups excluding carboxylic acids is 4. The van der Waals surface area contributed by atoms with Gasteiger partial charge in [-0.2, -0.15) is 0 Å². The number of carbonyl (C=O) groups is 4. The standard InChI is InChI=1S/C26H30ClN3O5/c1-15(2)12-22(25(33)29-16(3)24(32)28-13-23(27)31)30-26(34)35-14-21-19-10-6-4-8-17(19)18-9-5-7-11-20(18)21/h4-11,15-16,21-22H,12-14H2,1-3H3,(H,28,32)(H,29,33)(H,30,34)/t16-,22-/m0/s1. The average molecular weight is 500 g/mol. The van der Waals surface area contributed by atoms with Crippen molar-refractivity contribution in [3.63, 3.8) is 0 Å². The van der Waals surface area contributed by atoms with Crippen LogP contribution in [0.5, 0.6) is 0 Å². The molecular formula is C26H30ClN3O5. The summed E-state index contributed by atoms with van der Waals surface area (Å²) in [5.74, 6) is -1.08. The van der Waals surface area contributed by atoms with Gasteiger partial charge in [-0.25, -0.2) is 4.79 Å². The van der Waals surface area contributed by atoms with E-state index in [0.29, 0.717) is 6.42 Å². The molecule has 0 spiro atoms. The molecule has 0 heterocycles. The van der Waals surface area contributed by atoms with Crippen molar-refractivity contribution in [3.8, 4) is 11.1 Å². The number of amides is 3. The molecule has 2 aromatic carbocycles. The number of benzene rings is 2. The van der Waals surface area contributed by atoms with Crippen molar-refractivity contribution in [1.29, 1.82) is 0 Å². The van der Waals surface area contributed by atoms with E-state index in [1.165, 1.54) is 6.92 Å². The molecule has 8 nitrogen and oxygen atoms in total. The van der Waals surface area contributed by atoms with Crippen molar-refractivity contribution in [2.24, 2.45) is 5.92 Å². The van der Waals surface area contributed by atoms with Crippen LogP contribution in [-0.2, 0) is 19.1 Å². The summed E-state index contributed by atoms with van der Waals surface area (Å²) in [6, 6.07) is 14.2. The first-order chi connectivity index (χ1) is 16.7.